The molecular weight excluding hydrogens is 404 g/mol. The Labute approximate surface area is 188 Å². The first-order valence-corrected chi connectivity index (χ1v) is 10.6. The van der Waals surface area contributed by atoms with Gasteiger partial charge in [-0.1, -0.05) is 30.4 Å². The van der Waals surface area contributed by atoms with Crippen LogP contribution < -0.4 is 9.64 Å². The molecule has 3 aromatic rings. The lowest BCUT2D eigenvalue weighted by molar-refractivity contribution is -0.0278. The topological polar surface area (TPSA) is 76.5 Å². The minimum absolute atomic E-state index is 0.166. The molecule has 4 rings (SSSR count). The van der Waals surface area contributed by atoms with Crippen molar-refractivity contribution in [3.63, 3.8) is 0 Å². The van der Waals surface area contributed by atoms with Gasteiger partial charge in [-0.25, -0.2) is 19.9 Å². The molecule has 2 aromatic heterocycles. The van der Waals surface area contributed by atoms with E-state index in [9.17, 15) is 0 Å². The molecule has 0 aliphatic carbocycles. The number of hydrogen-bond donors (Lipinski definition) is 0. The highest BCUT2D eigenvalue weighted by Gasteiger charge is 2.26. The fourth-order valence-corrected chi connectivity index (χ4v) is 3.67. The van der Waals surface area contributed by atoms with Crippen LogP contribution in [0.4, 0.5) is 5.95 Å². The van der Waals surface area contributed by atoms with Gasteiger partial charge in [-0.05, 0) is 6.07 Å². The zero-order valence-corrected chi connectivity index (χ0v) is 18.7. The van der Waals surface area contributed by atoms with Crippen molar-refractivity contribution in [1.82, 2.24) is 24.8 Å². The zero-order chi connectivity index (χ0) is 22.3. The van der Waals surface area contributed by atoms with Crippen molar-refractivity contribution < 1.29 is 9.47 Å². The molecule has 0 radical (unpaired) electrons. The second kappa shape index (κ2) is 10.3. The summed E-state index contributed by atoms with van der Waals surface area (Å²) in [5, 5.41) is 0. The molecule has 1 aliphatic rings. The van der Waals surface area contributed by atoms with Crippen LogP contribution in [0.3, 0.4) is 0 Å². The SMILES string of the molecule is COc1ccccc1/C=C/CN1CCOC(c2nc(N(C)C)ncc2-c2cncnc2)C1. The van der Waals surface area contributed by atoms with Crippen LogP contribution in [0.25, 0.3) is 17.2 Å². The van der Waals surface area contributed by atoms with E-state index in [4.69, 9.17) is 14.5 Å². The maximum absolute atomic E-state index is 6.16. The maximum atomic E-state index is 6.16. The molecule has 1 aliphatic heterocycles. The van der Waals surface area contributed by atoms with E-state index >= 15 is 0 Å². The number of para-hydroxylation sites is 1. The highest BCUT2D eigenvalue weighted by atomic mass is 16.5. The Kier molecular flexibility index (Phi) is 7.03. The first-order chi connectivity index (χ1) is 15.7. The first-order valence-electron chi connectivity index (χ1n) is 10.6. The third-order valence-electron chi connectivity index (χ3n) is 5.33. The summed E-state index contributed by atoms with van der Waals surface area (Å²) >= 11 is 0. The Morgan fingerprint density at radius 3 is 2.78 bits per heavy atom. The average Bonchev–Trinajstić information content (AvgIpc) is 2.84. The number of aromatic nitrogens is 4. The highest BCUT2D eigenvalue weighted by Crippen LogP contribution is 2.31. The molecule has 1 unspecified atom stereocenters. The molecule has 0 N–H and O–H groups in total. The molecule has 0 spiro atoms. The lowest BCUT2D eigenvalue weighted by atomic mass is 10.0. The second-order valence-corrected chi connectivity index (χ2v) is 7.75. The first kappa shape index (κ1) is 21.9. The predicted octanol–water partition coefficient (Wildman–Crippen LogP) is 3.09. The summed E-state index contributed by atoms with van der Waals surface area (Å²) in [6.45, 7) is 3.05. The minimum Gasteiger partial charge on any atom is -0.496 e. The number of anilines is 1. The molecule has 166 valence electrons. The van der Waals surface area contributed by atoms with Crippen LogP contribution >= 0.6 is 0 Å². The Bertz CT molecular complexity index is 1060. The van der Waals surface area contributed by atoms with Crippen molar-refractivity contribution >= 4 is 12.0 Å². The van der Waals surface area contributed by atoms with Crippen LogP contribution in [0.15, 0.2) is 55.3 Å². The molecule has 8 nitrogen and oxygen atoms in total. The van der Waals surface area contributed by atoms with Crippen molar-refractivity contribution in [2.24, 2.45) is 0 Å². The number of morpholine rings is 1. The van der Waals surface area contributed by atoms with E-state index in [0.717, 1.165) is 47.8 Å². The third-order valence-corrected chi connectivity index (χ3v) is 5.33. The van der Waals surface area contributed by atoms with Crippen LogP contribution in [0.2, 0.25) is 0 Å². The van der Waals surface area contributed by atoms with E-state index in [2.05, 4.69) is 38.1 Å². The Morgan fingerprint density at radius 1 is 1.19 bits per heavy atom. The molecule has 0 bridgehead atoms. The number of rotatable bonds is 7. The molecule has 32 heavy (non-hydrogen) atoms. The van der Waals surface area contributed by atoms with Crippen molar-refractivity contribution in [2.45, 2.75) is 6.10 Å². The van der Waals surface area contributed by atoms with Gasteiger partial charge in [0.25, 0.3) is 0 Å². The molecule has 0 amide bonds. The smallest absolute Gasteiger partial charge is 0.225 e. The van der Waals surface area contributed by atoms with Crippen LogP contribution in [0.5, 0.6) is 5.75 Å². The molecule has 1 fully saturated rings. The summed E-state index contributed by atoms with van der Waals surface area (Å²) in [6.07, 6.45) is 11.0. The van der Waals surface area contributed by atoms with Crippen molar-refractivity contribution in [2.75, 3.05) is 52.3 Å². The molecule has 0 saturated carbocycles. The Hall–Kier alpha value is -3.36. The zero-order valence-electron chi connectivity index (χ0n) is 18.7. The molecule has 8 heteroatoms. The molecule has 1 aromatic carbocycles. The van der Waals surface area contributed by atoms with Crippen molar-refractivity contribution in [3.8, 4) is 16.9 Å². The van der Waals surface area contributed by atoms with Crippen LogP contribution in [0, 0.1) is 0 Å². The van der Waals surface area contributed by atoms with Gasteiger partial charge in [0.15, 0.2) is 0 Å². The third kappa shape index (κ3) is 5.09. The van der Waals surface area contributed by atoms with Crippen molar-refractivity contribution in [3.05, 3.63) is 66.5 Å². The highest BCUT2D eigenvalue weighted by molar-refractivity contribution is 5.64. The number of methoxy groups -OCH3 is 1. The molecule has 1 atom stereocenters. The Morgan fingerprint density at radius 2 is 2.00 bits per heavy atom. The quantitative estimate of drug-likeness (QED) is 0.564. The lowest BCUT2D eigenvalue weighted by Gasteiger charge is -2.33. The van der Waals surface area contributed by atoms with Gasteiger partial charge in [-0.2, -0.15) is 0 Å². The van der Waals surface area contributed by atoms with Gasteiger partial charge in [0, 0.05) is 69.0 Å². The fraction of sp³-hybridized carbons (Fsp3) is 0.333. The van der Waals surface area contributed by atoms with Gasteiger partial charge in [-0.3, -0.25) is 4.90 Å². The van der Waals surface area contributed by atoms with E-state index < -0.39 is 0 Å². The number of hydrogen-bond acceptors (Lipinski definition) is 8. The van der Waals surface area contributed by atoms with Crippen LogP contribution in [0.1, 0.15) is 17.4 Å². The predicted molar refractivity (Wildman–Crippen MR) is 125 cm³/mol. The summed E-state index contributed by atoms with van der Waals surface area (Å²) in [5.74, 6) is 1.52. The van der Waals surface area contributed by atoms with Crippen molar-refractivity contribution in [1.29, 1.82) is 0 Å². The van der Waals surface area contributed by atoms with Gasteiger partial charge in [0.2, 0.25) is 5.95 Å². The largest absolute Gasteiger partial charge is 0.496 e. The van der Waals surface area contributed by atoms with E-state index in [1.807, 2.05) is 43.4 Å². The monoisotopic (exact) mass is 432 g/mol. The molecule has 3 heterocycles. The van der Waals surface area contributed by atoms with E-state index in [0.29, 0.717) is 12.6 Å². The Balaban J connectivity index is 1.53. The summed E-state index contributed by atoms with van der Waals surface area (Å²) in [7, 11) is 5.56. The summed E-state index contributed by atoms with van der Waals surface area (Å²) in [4.78, 5) is 21.9. The van der Waals surface area contributed by atoms with E-state index in [1.165, 1.54) is 6.33 Å². The number of ether oxygens (including phenoxy) is 2. The van der Waals surface area contributed by atoms with Gasteiger partial charge >= 0.3 is 0 Å². The summed E-state index contributed by atoms with van der Waals surface area (Å²) in [5.41, 5.74) is 3.70. The number of benzene rings is 1. The number of nitrogens with zero attached hydrogens (tertiary/aromatic N) is 6. The van der Waals surface area contributed by atoms with E-state index in [1.54, 1.807) is 19.5 Å². The average molecular weight is 433 g/mol. The summed E-state index contributed by atoms with van der Waals surface area (Å²) in [6, 6.07) is 8.01. The maximum Gasteiger partial charge on any atom is 0.225 e. The summed E-state index contributed by atoms with van der Waals surface area (Å²) < 4.78 is 11.6. The van der Waals surface area contributed by atoms with Gasteiger partial charge < -0.3 is 14.4 Å². The standard InChI is InChI=1S/C24H28N6O2/c1-29(2)24-27-15-20(19-13-25-17-26-14-19)23(28-24)22-16-30(11-12-32-22)10-6-8-18-7-4-5-9-21(18)31-3/h4-9,13-15,17,22H,10-12,16H2,1-3H3/b8-6+. The molecule has 1 saturated heterocycles. The van der Waals surface area contributed by atoms with Gasteiger partial charge in [0.05, 0.1) is 19.4 Å². The normalized spacial score (nSPS) is 16.9. The van der Waals surface area contributed by atoms with Crippen LogP contribution in [-0.2, 0) is 4.74 Å². The van der Waals surface area contributed by atoms with Gasteiger partial charge in [-0.15, -0.1) is 0 Å². The van der Waals surface area contributed by atoms with E-state index in [-0.39, 0.29) is 6.10 Å². The minimum atomic E-state index is -0.166. The van der Waals surface area contributed by atoms with Crippen LogP contribution in [-0.4, -0.2) is 72.3 Å². The lowest BCUT2D eigenvalue weighted by Crippen LogP contribution is -2.39. The fourth-order valence-electron chi connectivity index (χ4n) is 3.67. The second-order valence-electron chi connectivity index (χ2n) is 7.75. The van der Waals surface area contributed by atoms with Gasteiger partial charge in [0.1, 0.15) is 18.2 Å². The molecular formula is C24H28N6O2.